The van der Waals surface area contributed by atoms with Crippen LogP contribution in [0.15, 0.2) is 84.0 Å². The topological polar surface area (TPSA) is 69.2 Å². The molecule has 0 bridgehead atoms. The number of methoxy groups -OCH3 is 1. The largest absolute Gasteiger partial charge is 0.490 e. The van der Waals surface area contributed by atoms with Gasteiger partial charge in [-0.15, -0.1) is 0 Å². The van der Waals surface area contributed by atoms with Gasteiger partial charge in [-0.05, 0) is 48.0 Å². The van der Waals surface area contributed by atoms with Crippen LogP contribution in [-0.4, -0.2) is 32.5 Å². The lowest BCUT2D eigenvalue weighted by Crippen LogP contribution is -2.09. The predicted molar refractivity (Wildman–Crippen MR) is 113 cm³/mol. The van der Waals surface area contributed by atoms with Crippen LogP contribution >= 0.6 is 0 Å². The Bertz CT molecular complexity index is 958. The summed E-state index contributed by atoms with van der Waals surface area (Å²) in [4.78, 5) is 11.6. The Morgan fingerprint density at radius 2 is 1.59 bits per heavy atom. The van der Waals surface area contributed by atoms with Crippen molar-refractivity contribution in [3.63, 3.8) is 0 Å². The van der Waals surface area contributed by atoms with Crippen LogP contribution in [0.5, 0.6) is 11.5 Å². The lowest BCUT2D eigenvalue weighted by atomic mass is 10.2. The van der Waals surface area contributed by atoms with Crippen LogP contribution < -0.4 is 14.9 Å². The molecule has 0 fully saturated rings. The highest BCUT2D eigenvalue weighted by Crippen LogP contribution is 2.15. The lowest BCUT2D eigenvalue weighted by Gasteiger charge is -2.09. The molecular formula is C23H22N2O4. The van der Waals surface area contributed by atoms with E-state index < -0.39 is 5.97 Å². The second kappa shape index (κ2) is 10.5. The first kappa shape index (κ1) is 19.9. The zero-order valence-corrected chi connectivity index (χ0v) is 16.1. The van der Waals surface area contributed by atoms with Gasteiger partial charge >= 0.3 is 5.97 Å². The molecule has 0 atom stereocenters. The van der Waals surface area contributed by atoms with E-state index in [-0.39, 0.29) is 0 Å². The molecule has 0 saturated carbocycles. The molecule has 1 N–H and O–H groups in total. The minimum Gasteiger partial charge on any atom is -0.490 e. The third kappa shape index (κ3) is 6.39. The Hall–Kier alpha value is -3.80. The maximum Gasteiger partial charge on any atom is 0.337 e. The van der Waals surface area contributed by atoms with Crippen LogP contribution in [-0.2, 0) is 4.74 Å². The molecule has 3 rings (SSSR count). The van der Waals surface area contributed by atoms with Gasteiger partial charge in [0.2, 0.25) is 0 Å². The molecule has 3 aromatic rings. The van der Waals surface area contributed by atoms with Crippen LogP contribution in [0.25, 0.3) is 0 Å². The molecule has 0 aliphatic rings. The number of ether oxygens (including phenoxy) is 3. The van der Waals surface area contributed by atoms with E-state index in [2.05, 4.69) is 10.5 Å². The van der Waals surface area contributed by atoms with Gasteiger partial charge in [0.25, 0.3) is 0 Å². The van der Waals surface area contributed by atoms with Gasteiger partial charge in [-0.1, -0.05) is 36.4 Å². The second-order valence-electron chi connectivity index (χ2n) is 6.02. The molecule has 0 aromatic heterocycles. The number of carbonyl (C=O) groups excluding carboxylic acids is 1. The highest BCUT2D eigenvalue weighted by molar-refractivity contribution is 5.89. The molecule has 0 saturated heterocycles. The monoisotopic (exact) mass is 390 g/mol. The number of benzene rings is 3. The summed E-state index contributed by atoms with van der Waals surface area (Å²) in [5.41, 5.74) is 5.26. The third-order valence-electron chi connectivity index (χ3n) is 3.92. The van der Waals surface area contributed by atoms with Gasteiger partial charge in [-0.3, -0.25) is 5.43 Å². The van der Waals surface area contributed by atoms with E-state index in [1.54, 1.807) is 30.5 Å². The number of nitrogens with zero attached hydrogens (tertiary/aromatic N) is 1. The van der Waals surface area contributed by atoms with Gasteiger partial charge in [0.1, 0.15) is 24.7 Å². The minimum atomic E-state index is -0.396. The third-order valence-corrected chi connectivity index (χ3v) is 3.92. The first-order valence-electron chi connectivity index (χ1n) is 9.13. The number of nitrogens with one attached hydrogen (secondary N) is 1. The number of hydrogen-bond acceptors (Lipinski definition) is 6. The van der Waals surface area contributed by atoms with Crippen molar-refractivity contribution < 1.29 is 19.0 Å². The van der Waals surface area contributed by atoms with E-state index in [4.69, 9.17) is 14.2 Å². The molecular weight excluding hydrogens is 368 g/mol. The molecule has 6 nitrogen and oxygen atoms in total. The highest BCUT2D eigenvalue weighted by atomic mass is 16.5. The summed E-state index contributed by atoms with van der Waals surface area (Å²) in [7, 11) is 1.35. The fourth-order valence-electron chi connectivity index (χ4n) is 2.53. The zero-order chi connectivity index (χ0) is 20.3. The highest BCUT2D eigenvalue weighted by Gasteiger charge is 2.06. The maximum atomic E-state index is 11.6. The number of para-hydroxylation sites is 1. The Morgan fingerprint density at radius 3 is 2.31 bits per heavy atom. The van der Waals surface area contributed by atoms with Gasteiger partial charge in [-0.25, -0.2) is 4.79 Å². The molecule has 3 aromatic carbocycles. The number of anilines is 1. The molecule has 0 unspecified atom stereocenters. The van der Waals surface area contributed by atoms with Gasteiger partial charge < -0.3 is 14.2 Å². The quantitative estimate of drug-likeness (QED) is 0.254. The summed E-state index contributed by atoms with van der Waals surface area (Å²) in [6.45, 7) is 0.712. The van der Waals surface area contributed by atoms with E-state index in [1.165, 1.54) is 7.11 Å². The second-order valence-corrected chi connectivity index (χ2v) is 6.02. The molecule has 0 aliphatic heterocycles. The van der Waals surface area contributed by atoms with E-state index in [9.17, 15) is 4.79 Å². The molecule has 29 heavy (non-hydrogen) atoms. The van der Waals surface area contributed by atoms with Crippen molar-refractivity contribution in [1.82, 2.24) is 0 Å². The summed E-state index contributed by atoms with van der Waals surface area (Å²) < 4.78 is 16.1. The van der Waals surface area contributed by atoms with Crippen molar-refractivity contribution in [2.45, 2.75) is 0 Å². The predicted octanol–water partition coefficient (Wildman–Crippen LogP) is 4.38. The lowest BCUT2D eigenvalue weighted by molar-refractivity contribution is 0.0600. The van der Waals surface area contributed by atoms with E-state index >= 15 is 0 Å². The Labute approximate surface area is 169 Å². The summed E-state index contributed by atoms with van der Waals surface area (Å²) in [6, 6.07) is 24.2. The van der Waals surface area contributed by atoms with Crippen LogP contribution in [0.4, 0.5) is 5.69 Å². The van der Waals surface area contributed by atoms with E-state index in [0.29, 0.717) is 24.5 Å². The van der Waals surface area contributed by atoms with Gasteiger partial charge in [0, 0.05) is 0 Å². The van der Waals surface area contributed by atoms with Crippen molar-refractivity contribution >= 4 is 17.9 Å². The minimum absolute atomic E-state index is 0.346. The Balaban J connectivity index is 1.46. The van der Waals surface area contributed by atoms with E-state index in [1.807, 2.05) is 54.6 Å². The van der Waals surface area contributed by atoms with Crippen LogP contribution in [0.1, 0.15) is 15.9 Å². The summed E-state index contributed by atoms with van der Waals surface area (Å²) >= 11 is 0. The molecule has 0 aliphatic carbocycles. The van der Waals surface area contributed by atoms with Crippen molar-refractivity contribution in [2.75, 3.05) is 25.7 Å². The number of rotatable bonds is 9. The molecule has 148 valence electrons. The normalized spacial score (nSPS) is 10.5. The van der Waals surface area contributed by atoms with Crippen molar-refractivity contribution in [1.29, 1.82) is 0 Å². The maximum absolute atomic E-state index is 11.6. The zero-order valence-electron chi connectivity index (χ0n) is 16.1. The van der Waals surface area contributed by atoms with Gasteiger partial charge in [0.15, 0.2) is 0 Å². The smallest absolute Gasteiger partial charge is 0.337 e. The molecule has 0 amide bonds. The summed E-state index contributed by atoms with van der Waals surface area (Å²) in [5, 5.41) is 4.23. The van der Waals surface area contributed by atoms with Crippen LogP contribution in [0.3, 0.4) is 0 Å². The van der Waals surface area contributed by atoms with Gasteiger partial charge in [-0.2, -0.15) is 5.10 Å². The fraction of sp³-hybridized carbons (Fsp3) is 0.130. The number of carbonyl (C=O) groups is 1. The first-order valence-corrected chi connectivity index (χ1v) is 9.13. The molecule has 0 spiro atoms. The summed E-state index contributed by atoms with van der Waals surface area (Å²) in [5.74, 6) is 0.914. The number of esters is 1. The summed E-state index contributed by atoms with van der Waals surface area (Å²) in [6.07, 6.45) is 1.73. The van der Waals surface area contributed by atoms with Crippen molar-refractivity contribution in [3.8, 4) is 11.5 Å². The average molecular weight is 390 g/mol. The van der Waals surface area contributed by atoms with Crippen molar-refractivity contribution in [2.24, 2.45) is 5.10 Å². The number of hydrogen-bond donors (Lipinski definition) is 1. The Morgan fingerprint density at radius 1 is 0.897 bits per heavy atom. The van der Waals surface area contributed by atoms with Gasteiger partial charge in [0.05, 0.1) is 24.6 Å². The molecule has 0 radical (unpaired) electrons. The first-order chi connectivity index (χ1) is 14.2. The molecule has 0 heterocycles. The van der Waals surface area contributed by atoms with Crippen LogP contribution in [0, 0.1) is 0 Å². The Kier molecular flexibility index (Phi) is 7.23. The number of hydrazone groups is 1. The fourth-order valence-corrected chi connectivity index (χ4v) is 2.53. The van der Waals surface area contributed by atoms with Crippen molar-refractivity contribution in [3.05, 3.63) is 90.0 Å². The standard InChI is InChI=1S/C23H22N2O4/c1-27-23(26)19-8-6-12-22(16-19)29-14-13-28-21-11-5-7-18(15-21)17-24-25-20-9-3-2-4-10-20/h2-12,15-17,25H,13-14H2,1H3. The average Bonchev–Trinajstić information content (AvgIpc) is 2.77. The van der Waals surface area contributed by atoms with Crippen LogP contribution in [0.2, 0.25) is 0 Å². The molecule has 6 heteroatoms. The van der Waals surface area contributed by atoms with E-state index in [0.717, 1.165) is 17.0 Å². The SMILES string of the molecule is COC(=O)c1cccc(OCCOc2cccc(C=NNc3ccccc3)c2)c1.